The first-order valence-corrected chi connectivity index (χ1v) is 9.09. The molecular weight excluding hydrogens is 342 g/mol. The van der Waals surface area contributed by atoms with E-state index in [4.69, 9.17) is 9.47 Å². The van der Waals surface area contributed by atoms with Crippen LogP contribution in [-0.2, 0) is 28.6 Å². The highest BCUT2D eigenvalue weighted by molar-refractivity contribution is 7.86. The highest BCUT2D eigenvalue weighted by Crippen LogP contribution is 2.13. The Hall–Kier alpha value is -1.39. The smallest absolute Gasteiger partial charge is 0.408 e. The van der Waals surface area contributed by atoms with Crippen LogP contribution in [0.25, 0.3) is 0 Å². The second-order valence-corrected chi connectivity index (χ2v) is 8.82. The molecule has 0 aliphatic heterocycles. The molecule has 2 N–H and O–H groups in total. The second kappa shape index (κ2) is 8.13. The van der Waals surface area contributed by atoms with Gasteiger partial charge in [0.1, 0.15) is 17.2 Å². The fraction of sp³-hybridized carbons (Fsp3) is 0.857. The van der Waals surface area contributed by atoms with E-state index in [2.05, 4.69) is 9.50 Å². The highest BCUT2D eigenvalue weighted by Gasteiger charge is 2.31. The Morgan fingerprint density at radius 2 is 1.50 bits per heavy atom. The average Bonchev–Trinajstić information content (AvgIpc) is 2.19. The first kappa shape index (κ1) is 22.6. The van der Waals surface area contributed by atoms with Crippen molar-refractivity contribution < 1.29 is 36.8 Å². The third kappa shape index (κ3) is 12.1. The topological polar surface area (TPSA) is 128 Å². The van der Waals surface area contributed by atoms with Crippen molar-refractivity contribution in [3.8, 4) is 0 Å². The van der Waals surface area contributed by atoms with Crippen LogP contribution < -0.4 is 5.32 Å². The Kier molecular flexibility index (Phi) is 7.66. The molecule has 0 aliphatic rings. The molecule has 0 fully saturated rings. The number of hydrogen-bond acceptors (Lipinski definition) is 8. The lowest BCUT2D eigenvalue weighted by molar-refractivity contribution is -0.159. The molecule has 1 unspecified atom stereocenters. The maximum Gasteiger partial charge on any atom is 0.408 e. The summed E-state index contributed by atoms with van der Waals surface area (Å²) in [4.78, 5) is 24.0. The van der Waals surface area contributed by atoms with Crippen molar-refractivity contribution in [2.75, 3.05) is 6.26 Å². The van der Waals surface area contributed by atoms with Gasteiger partial charge in [-0.1, -0.05) is 0 Å². The van der Waals surface area contributed by atoms with Gasteiger partial charge in [0.25, 0.3) is 10.1 Å². The van der Waals surface area contributed by atoms with Crippen LogP contribution >= 0.6 is 0 Å². The number of rotatable bonds is 6. The number of amides is 1. The number of alkyl carbamates (subject to hydrolysis) is 1. The van der Waals surface area contributed by atoms with Gasteiger partial charge in [0, 0.05) is 6.42 Å². The monoisotopic (exact) mass is 369 g/mol. The molecule has 0 aromatic carbocycles. The Morgan fingerprint density at radius 3 is 1.88 bits per heavy atom. The van der Waals surface area contributed by atoms with Crippen LogP contribution in [-0.4, -0.2) is 55.4 Å². The van der Waals surface area contributed by atoms with Gasteiger partial charge in [-0.25, -0.2) is 13.8 Å². The molecule has 0 heterocycles. The molecule has 24 heavy (non-hydrogen) atoms. The quantitative estimate of drug-likeness (QED) is 0.401. The molecule has 0 rings (SSSR count). The Bertz CT molecular complexity index is 544. The van der Waals surface area contributed by atoms with E-state index in [9.17, 15) is 23.1 Å². The molecule has 0 saturated carbocycles. The number of ether oxygens (including phenoxy) is 2. The Labute approximate surface area is 142 Å². The lowest BCUT2D eigenvalue weighted by Gasteiger charge is -2.27. The molecule has 0 aromatic rings. The third-order valence-corrected chi connectivity index (χ3v) is 2.68. The van der Waals surface area contributed by atoms with E-state index in [1.54, 1.807) is 41.5 Å². The third-order valence-electron chi connectivity index (χ3n) is 2.11. The molecule has 0 saturated heterocycles. The number of carbonyl (C=O) groups is 2. The van der Waals surface area contributed by atoms with Crippen molar-refractivity contribution in [3.63, 3.8) is 0 Å². The van der Waals surface area contributed by atoms with E-state index in [1.807, 2.05) is 0 Å². The van der Waals surface area contributed by atoms with Crippen LogP contribution in [0.1, 0.15) is 48.0 Å². The van der Waals surface area contributed by atoms with E-state index in [0.29, 0.717) is 0 Å². The maximum absolute atomic E-state index is 12.2. The van der Waals surface area contributed by atoms with E-state index >= 15 is 0 Å². The predicted octanol–water partition coefficient (Wildman–Crippen LogP) is 0.906. The fourth-order valence-corrected chi connectivity index (χ4v) is 1.96. The summed E-state index contributed by atoms with van der Waals surface area (Å²) in [5.41, 5.74) is -1.64. The van der Waals surface area contributed by atoms with Crippen LogP contribution in [0.4, 0.5) is 4.79 Å². The predicted molar refractivity (Wildman–Crippen MR) is 85.6 cm³/mol. The molecule has 10 heteroatoms. The number of carbonyl (C=O) groups excluding carboxylic acids is 2. The minimum atomic E-state index is -3.93. The molecule has 0 aliphatic carbocycles. The van der Waals surface area contributed by atoms with Crippen LogP contribution in [0.2, 0.25) is 0 Å². The van der Waals surface area contributed by atoms with Crippen LogP contribution in [0, 0.1) is 0 Å². The van der Waals surface area contributed by atoms with Crippen molar-refractivity contribution in [1.29, 1.82) is 0 Å². The van der Waals surface area contributed by atoms with Gasteiger partial charge in [-0.15, -0.1) is 0 Å². The first-order valence-electron chi connectivity index (χ1n) is 7.27. The van der Waals surface area contributed by atoms with Crippen molar-refractivity contribution in [3.05, 3.63) is 0 Å². The largest absolute Gasteiger partial charge is 0.458 e. The average molecular weight is 369 g/mol. The zero-order valence-electron chi connectivity index (χ0n) is 15.1. The van der Waals surface area contributed by atoms with Gasteiger partial charge in [-0.05, 0) is 41.5 Å². The molecule has 9 nitrogen and oxygen atoms in total. The first-order chi connectivity index (χ1) is 10.5. The van der Waals surface area contributed by atoms with Gasteiger partial charge >= 0.3 is 12.1 Å². The Morgan fingerprint density at radius 1 is 1.04 bits per heavy atom. The van der Waals surface area contributed by atoms with Crippen molar-refractivity contribution in [2.24, 2.45) is 0 Å². The molecule has 1 amide bonds. The molecule has 0 aromatic heterocycles. The summed E-state index contributed by atoms with van der Waals surface area (Å²) >= 11 is 0. The number of hydrogen-bond donors (Lipinski definition) is 2. The van der Waals surface area contributed by atoms with Gasteiger partial charge in [0.15, 0.2) is 6.29 Å². The highest BCUT2D eigenvalue weighted by atomic mass is 32.2. The van der Waals surface area contributed by atoms with E-state index < -0.39 is 52.1 Å². The maximum atomic E-state index is 12.2. The van der Waals surface area contributed by atoms with Crippen LogP contribution in [0.15, 0.2) is 0 Å². The summed E-state index contributed by atoms with van der Waals surface area (Å²) in [6, 6.07) is -1.35. The Balaban J connectivity index is 5.08. The standard InChI is InChI=1S/C14H27NO8S/c1-13(2,3)21-11(17)9(8-10(16)23-24(7,19)20)15-12(18)22-14(4,5)6/h9-10,16H,8H2,1-7H3,(H,15,18)/t9-,10?/m0/s1. The summed E-state index contributed by atoms with van der Waals surface area (Å²) in [5.74, 6) is -0.857. The van der Waals surface area contributed by atoms with E-state index in [1.165, 1.54) is 0 Å². The van der Waals surface area contributed by atoms with Crippen molar-refractivity contribution in [2.45, 2.75) is 71.5 Å². The summed E-state index contributed by atoms with van der Waals surface area (Å²) < 4.78 is 36.6. The SMILES string of the molecule is CC(C)(C)OC(=O)N[C@@H](CC(O)OS(C)(=O)=O)C(=O)OC(C)(C)C. The number of aliphatic hydroxyl groups excluding tert-OH is 1. The molecular formula is C14H27NO8S. The minimum absolute atomic E-state index is 0.527. The number of aliphatic hydroxyl groups is 1. The molecule has 0 spiro atoms. The van der Waals surface area contributed by atoms with Gasteiger partial charge < -0.3 is 19.9 Å². The number of esters is 1. The van der Waals surface area contributed by atoms with E-state index in [0.717, 1.165) is 6.26 Å². The van der Waals surface area contributed by atoms with Gasteiger partial charge in [0.2, 0.25) is 0 Å². The van der Waals surface area contributed by atoms with Crippen LogP contribution in [0.5, 0.6) is 0 Å². The molecule has 0 radical (unpaired) electrons. The second-order valence-electron chi connectivity index (χ2n) is 7.22. The van der Waals surface area contributed by atoms with Gasteiger partial charge in [-0.2, -0.15) is 8.42 Å². The van der Waals surface area contributed by atoms with E-state index in [-0.39, 0.29) is 0 Å². The summed E-state index contributed by atoms with van der Waals surface area (Å²) in [6.07, 6.45) is -2.52. The van der Waals surface area contributed by atoms with Gasteiger partial charge in [-0.3, -0.25) is 0 Å². The summed E-state index contributed by atoms with van der Waals surface area (Å²) in [7, 11) is -3.93. The van der Waals surface area contributed by atoms with Crippen LogP contribution in [0.3, 0.4) is 0 Å². The van der Waals surface area contributed by atoms with Crippen molar-refractivity contribution in [1.82, 2.24) is 5.32 Å². The zero-order valence-corrected chi connectivity index (χ0v) is 15.9. The summed E-state index contributed by atoms with van der Waals surface area (Å²) in [5, 5.41) is 11.9. The lowest BCUT2D eigenvalue weighted by atomic mass is 10.1. The fourth-order valence-electron chi connectivity index (χ4n) is 1.48. The minimum Gasteiger partial charge on any atom is -0.458 e. The van der Waals surface area contributed by atoms with Gasteiger partial charge in [0.05, 0.1) is 6.26 Å². The molecule has 0 bridgehead atoms. The normalized spacial score (nSPS) is 15.3. The number of nitrogens with one attached hydrogen (secondary N) is 1. The van der Waals surface area contributed by atoms with Crippen molar-refractivity contribution >= 4 is 22.2 Å². The molecule has 2 atom stereocenters. The summed E-state index contributed by atoms with van der Waals surface area (Å²) in [6.45, 7) is 9.78. The zero-order chi connectivity index (χ0) is 19.3. The molecule has 142 valence electrons. The lowest BCUT2D eigenvalue weighted by Crippen LogP contribution is -2.47.